The highest BCUT2D eigenvalue weighted by atomic mass is 16.5. The fraction of sp³-hybridized carbons (Fsp3) is 0.727. The van der Waals surface area contributed by atoms with Crippen molar-refractivity contribution in [1.29, 1.82) is 0 Å². The van der Waals surface area contributed by atoms with Crippen LogP contribution in [0.5, 0.6) is 0 Å². The van der Waals surface area contributed by atoms with E-state index >= 15 is 0 Å². The van der Waals surface area contributed by atoms with E-state index < -0.39 is 23.9 Å². The van der Waals surface area contributed by atoms with Crippen LogP contribution >= 0.6 is 0 Å². The molecule has 0 spiro atoms. The van der Waals surface area contributed by atoms with Crippen LogP contribution in [0, 0.1) is 0 Å². The minimum Gasteiger partial charge on any atom is -0.480 e. The van der Waals surface area contributed by atoms with Gasteiger partial charge in [0.05, 0.1) is 0 Å². The van der Waals surface area contributed by atoms with E-state index in [0.29, 0.717) is 13.2 Å². The summed E-state index contributed by atoms with van der Waals surface area (Å²) in [6, 6.07) is -1.69. The number of primary amides is 1. The maximum absolute atomic E-state index is 11.4. The molecular formula is C11H21N3O5. The predicted molar refractivity (Wildman–Crippen MR) is 67.5 cm³/mol. The quantitative estimate of drug-likeness (QED) is 0.397. The molecule has 0 unspecified atom stereocenters. The summed E-state index contributed by atoms with van der Waals surface area (Å²) >= 11 is 0. The van der Waals surface area contributed by atoms with Gasteiger partial charge in [-0.1, -0.05) is 0 Å². The summed E-state index contributed by atoms with van der Waals surface area (Å²) in [7, 11) is 1.59. The summed E-state index contributed by atoms with van der Waals surface area (Å²) in [6.45, 7) is 1.04. The third-order valence-corrected chi connectivity index (χ3v) is 2.34. The molecule has 0 aliphatic heterocycles. The third-order valence-electron chi connectivity index (χ3n) is 2.34. The lowest BCUT2D eigenvalue weighted by molar-refractivity contribution is -0.139. The van der Waals surface area contributed by atoms with Crippen molar-refractivity contribution >= 4 is 17.9 Å². The van der Waals surface area contributed by atoms with Gasteiger partial charge in [0.25, 0.3) is 0 Å². The van der Waals surface area contributed by atoms with Gasteiger partial charge in [0.15, 0.2) is 0 Å². The Morgan fingerprint density at radius 2 is 2.00 bits per heavy atom. The second-order valence-corrected chi connectivity index (χ2v) is 4.00. The molecule has 19 heavy (non-hydrogen) atoms. The number of carboxylic acid groups (broad SMARTS) is 1. The molecule has 3 amide bonds. The summed E-state index contributed by atoms with van der Waals surface area (Å²) in [5, 5.41) is 13.7. The number of rotatable bonds is 10. The number of methoxy groups -OCH3 is 1. The van der Waals surface area contributed by atoms with Gasteiger partial charge in [-0.15, -0.1) is 0 Å². The molecule has 110 valence electrons. The smallest absolute Gasteiger partial charge is 0.326 e. The summed E-state index contributed by atoms with van der Waals surface area (Å²) in [5.74, 6) is -1.80. The molecule has 0 heterocycles. The molecule has 0 rings (SSSR count). The van der Waals surface area contributed by atoms with Crippen molar-refractivity contribution in [2.75, 3.05) is 20.3 Å². The lowest BCUT2D eigenvalue weighted by Crippen LogP contribution is -2.46. The lowest BCUT2D eigenvalue weighted by Gasteiger charge is -2.14. The first kappa shape index (κ1) is 17.2. The van der Waals surface area contributed by atoms with Crippen LogP contribution < -0.4 is 16.4 Å². The van der Waals surface area contributed by atoms with Gasteiger partial charge >= 0.3 is 12.0 Å². The molecule has 0 bridgehead atoms. The van der Waals surface area contributed by atoms with E-state index in [1.165, 1.54) is 0 Å². The molecule has 0 aromatic heterocycles. The van der Waals surface area contributed by atoms with Crippen LogP contribution in [0.25, 0.3) is 0 Å². The number of carbonyl (C=O) groups is 3. The number of hydrogen-bond acceptors (Lipinski definition) is 4. The summed E-state index contributed by atoms with van der Waals surface area (Å²) in [5.41, 5.74) is 4.93. The van der Waals surface area contributed by atoms with Crippen LogP contribution in [0.3, 0.4) is 0 Å². The number of aliphatic carboxylic acids is 1. The van der Waals surface area contributed by atoms with E-state index in [2.05, 4.69) is 10.6 Å². The van der Waals surface area contributed by atoms with Gasteiger partial charge in [0, 0.05) is 26.7 Å². The van der Waals surface area contributed by atoms with Crippen LogP contribution in [-0.4, -0.2) is 49.3 Å². The van der Waals surface area contributed by atoms with E-state index in [4.69, 9.17) is 15.6 Å². The third kappa shape index (κ3) is 9.83. The lowest BCUT2D eigenvalue weighted by atomic mass is 10.1. The zero-order valence-electron chi connectivity index (χ0n) is 11.0. The first-order valence-electron chi connectivity index (χ1n) is 6.01. The number of hydrogen-bond donors (Lipinski definition) is 4. The molecule has 1 atom stereocenters. The van der Waals surface area contributed by atoms with Crippen LogP contribution in [0.15, 0.2) is 0 Å². The highest BCUT2D eigenvalue weighted by molar-refractivity contribution is 5.83. The molecule has 0 saturated heterocycles. The standard InChI is InChI=1S/C11H21N3O5/c1-19-7-3-2-6-13-11(18)14-8(10(16)17)4-5-9(12)15/h8H,2-7H2,1H3,(H2,12,15)(H,16,17)(H2,13,14,18)/t8-/m0/s1. The Balaban J connectivity index is 3.90. The van der Waals surface area contributed by atoms with Gasteiger partial charge in [-0.3, -0.25) is 4.79 Å². The molecule has 8 nitrogen and oxygen atoms in total. The fourth-order valence-electron chi connectivity index (χ4n) is 1.33. The van der Waals surface area contributed by atoms with E-state index in [0.717, 1.165) is 12.8 Å². The number of unbranched alkanes of at least 4 members (excludes halogenated alkanes) is 1. The van der Waals surface area contributed by atoms with E-state index in [9.17, 15) is 14.4 Å². The number of amides is 3. The van der Waals surface area contributed by atoms with Crippen molar-refractivity contribution in [3.63, 3.8) is 0 Å². The second kappa shape index (κ2) is 10.1. The number of urea groups is 1. The van der Waals surface area contributed by atoms with Crippen molar-refractivity contribution in [3.05, 3.63) is 0 Å². The molecule has 0 fully saturated rings. The Morgan fingerprint density at radius 1 is 1.32 bits per heavy atom. The largest absolute Gasteiger partial charge is 0.480 e. The Morgan fingerprint density at radius 3 is 2.53 bits per heavy atom. The fourth-order valence-corrected chi connectivity index (χ4v) is 1.33. The molecule has 8 heteroatoms. The minimum atomic E-state index is -1.20. The number of nitrogens with two attached hydrogens (primary N) is 1. The Labute approximate surface area is 111 Å². The molecular weight excluding hydrogens is 254 g/mol. The Bertz CT molecular complexity index is 309. The Kier molecular flexibility index (Phi) is 9.15. The monoisotopic (exact) mass is 275 g/mol. The molecule has 0 saturated carbocycles. The highest BCUT2D eigenvalue weighted by Crippen LogP contribution is 1.97. The van der Waals surface area contributed by atoms with Gasteiger partial charge in [-0.2, -0.15) is 0 Å². The van der Waals surface area contributed by atoms with E-state index in [1.807, 2.05) is 0 Å². The van der Waals surface area contributed by atoms with Crippen molar-refractivity contribution in [2.45, 2.75) is 31.7 Å². The SMILES string of the molecule is COCCCCNC(=O)N[C@@H](CCC(N)=O)C(=O)O. The summed E-state index contributed by atoms with van der Waals surface area (Å²) < 4.78 is 4.85. The molecule has 0 radical (unpaired) electrons. The first-order chi connectivity index (χ1) is 8.97. The number of ether oxygens (including phenoxy) is 1. The maximum Gasteiger partial charge on any atom is 0.326 e. The predicted octanol–water partition coefficient (Wildman–Crippen LogP) is -0.569. The normalized spacial score (nSPS) is 11.6. The Hall–Kier alpha value is -1.83. The van der Waals surface area contributed by atoms with Gasteiger partial charge in [-0.25, -0.2) is 9.59 Å². The topological polar surface area (TPSA) is 131 Å². The zero-order valence-corrected chi connectivity index (χ0v) is 11.0. The van der Waals surface area contributed by atoms with Gasteiger partial charge in [0.1, 0.15) is 6.04 Å². The number of carboxylic acids is 1. The first-order valence-corrected chi connectivity index (χ1v) is 6.01. The molecule has 0 aliphatic carbocycles. The van der Waals surface area contributed by atoms with E-state index in [1.54, 1.807) is 7.11 Å². The average molecular weight is 275 g/mol. The van der Waals surface area contributed by atoms with Crippen LogP contribution in [-0.2, 0) is 14.3 Å². The summed E-state index contributed by atoms with van der Waals surface area (Å²) in [4.78, 5) is 32.8. The van der Waals surface area contributed by atoms with Crippen LogP contribution in [0.4, 0.5) is 4.79 Å². The van der Waals surface area contributed by atoms with E-state index in [-0.39, 0.29) is 12.8 Å². The van der Waals surface area contributed by atoms with Gasteiger partial charge < -0.3 is 26.2 Å². The van der Waals surface area contributed by atoms with Gasteiger partial charge in [-0.05, 0) is 19.3 Å². The van der Waals surface area contributed by atoms with Crippen molar-refractivity contribution in [2.24, 2.45) is 5.73 Å². The van der Waals surface area contributed by atoms with Crippen molar-refractivity contribution in [1.82, 2.24) is 10.6 Å². The van der Waals surface area contributed by atoms with Crippen LogP contribution in [0.1, 0.15) is 25.7 Å². The molecule has 5 N–H and O–H groups in total. The minimum absolute atomic E-state index is 0.0260. The molecule has 0 aromatic rings. The summed E-state index contributed by atoms with van der Waals surface area (Å²) in [6.07, 6.45) is 1.42. The highest BCUT2D eigenvalue weighted by Gasteiger charge is 2.20. The zero-order chi connectivity index (χ0) is 14.7. The maximum atomic E-state index is 11.4. The van der Waals surface area contributed by atoms with Crippen molar-refractivity contribution < 1.29 is 24.2 Å². The number of nitrogens with one attached hydrogen (secondary N) is 2. The molecule has 0 aromatic carbocycles. The molecule has 0 aliphatic rings. The van der Waals surface area contributed by atoms with Gasteiger partial charge in [0.2, 0.25) is 5.91 Å². The average Bonchev–Trinajstić information content (AvgIpc) is 2.33. The second-order valence-electron chi connectivity index (χ2n) is 4.00. The van der Waals surface area contributed by atoms with Crippen molar-refractivity contribution in [3.8, 4) is 0 Å². The van der Waals surface area contributed by atoms with Crippen LogP contribution in [0.2, 0.25) is 0 Å². The number of carbonyl (C=O) groups excluding carboxylic acids is 2.